The summed E-state index contributed by atoms with van der Waals surface area (Å²) in [7, 11) is 0.311. The standard InChI is InChI=1S/C25H25NOSi/c1-5-12-23-19-22(17-18-26-23)25(27-28-24(2,3)4,20-13-8-6-9-14-20)21-15-10-7-11-16-21/h6-11,13-19H,1-4H3. The molecule has 2 nitrogen and oxygen atoms in total. The van der Waals surface area contributed by atoms with E-state index >= 15 is 0 Å². The number of rotatable bonds is 5. The van der Waals surface area contributed by atoms with Crippen LogP contribution in [0.15, 0.2) is 79.0 Å². The molecule has 0 aliphatic carbocycles. The molecule has 2 radical (unpaired) electrons. The first-order valence-corrected chi connectivity index (χ1v) is 10.3. The maximum atomic E-state index is 6.84. The van der Waals surface area contributed by atoms with Gasteiger partial charge in [-0.2, -0.15) is 0 Å². The van der Waals surface area contributed by atoms with Gasteiger partial charge in [-0.1, -0.05) is 87.4 Å². The Bertz CT molecular complexity index is 926. The quantitative estimate of drug-likeness (QED) is 0.423. The summed E-state index contributed by atoms with van der Waals surface area (Å²) in [4.78, 5) is 4.41. The van der Waals surface area contributed by atoms with Crippen molar-refractivity contribution in [3.05, 3.63) is 101 Å². The van der Waals surface area contributed by atoms with Gasteiger partial charge in [0.2, 0.25) is 9.76 Å². The minimum absolute atomic E-state index is 0.0495. The van der Waals surface area contributed by atoms with Gasteiger partial charge in [-0.15, -0.1) is 0 Å². The fourth-order valence-electron chi connectivity index (χ4n) is 3.10. The molecule has 0 unspecified atom stereocenters. The van der Waals surface area contributed by atoms with Crippen molar-refractivity contribution in [2.24, 2.45) is 0 Å². The van der Waals surface area contributed by atoms with Crippen molar-refractivity contribution in [2.75, 3.05) is 0 Å². The van der Waals surface area contributed by atoms with Crippen molar-refractivity contribution < 1.29 is 4.43 Å². The van der Waals surface area contributed by atoms with Gasteiger partial charge in [0.15, 0.2) is 0 Å². The molecular formula is C25H25NOSi. The van der Waals surface area contributed by atoms with E-state index in [2.05, 4.69) is 86.1 Å². The molecule has 1 aromatic heterocycles. The lowest BCUT2D eigenvalue weighted by Crippen LogP contribution is -2.36. The molecule has 0 spiro atoms. The number of nitrogens with zero attached hydrogens (tertiary/aromatic N) is 1. The van der Waals surface area contributed by atoms with Crippen LogP contribution in [0.25, 0.3) is 0 Å². The molecule has 0 bridgehead atoms. The third-order valence-corrected chi connectivity index (χ3v) is 5.31. The van der Waals surface area contributed by atoms with Crippen LogP contribution in [0.4, 0.5) is 0 Å². The molecule has 0 amide bonds. The largest absolute Gasteiger partial charge is 0.400 e. The van der Waals surface area contributed by atoms with Crippen LogP contribution in [0.2, 0.25) is 5.04 Å². The van der Waals surface area contributed by atoms with Gasteiger partial charge in [0, 0.05) is 6.20 Å². The Hall–Kier alpha value is -2.67. The summed E-state index contributed by atoms with van der Waals surface area (Å²) in [6.07, 6.45) is 1.82. The topological polar surface area (TPSA) is 22.1 Å². The zero-order chi connectivity index (χ0) is 20.0. The Morgan fingerprint density at radius 3 is 1.89 bits per heavy atom. The Morgan fingerprint density at radius 2 is 1.39 bits per heavy atom. The SMILES string of the molecule is CC#Cc1cc(C(O[Si]C(C)(C)C)(c2ccccc2)c2ccccc2)ccn1. The predicted octanol–water partition coefficient (Wildman–Crippen LogP) is 5.60. The van der Waals surface area contributed by atoms with Crippen LogP contribution in [0.3, 0.4) is 0 Å². The van der Waals surface area contributed by atoms with Gasteiger partial charge >= 0.3 is 0 Å². The van der Waals surface area contributed by atoms with Gasteiger partial charge in [-0.05, 0) is 46.7 Å². The third-order valence-electron chi connectivity index (χ3n) is 4.29. The van der Waals surface area contributed by atoms with Crippen LogP contribution in [0, 0.1) is 11.8 Å². The molecule has 28 heavy (non-hydrogen) atoms. The number of pyridine rings is 1. The molecule has 0 fully saturated rings. The van der Waals surface area contributed by atoms with Gasteiger partial charge in [-0.3, -0.25) is 0 Å². The maximum absolute atomic E-state index is 6.84. The summed E-state index contributed by atoms with van der Waals surface area (Å²) in [6, 6.07) is 24.9. The smallest absolute Gasteiger partial charge is 0.237 e. The summed E-state index contributed by atoms with van der Waals surface area (Å²) >= 11 is 0. The number of aromatic nitrogens is 1. The third kappa shape index (κ3) is 4.41. The summed E-state index contributed by atoms with van der Waals surface area (Å²) in [5.41, 5.74) is 3.26. The predicted molar refractivity (Wildman–Crippen MR) is 116 cm³/mol. The van der Waals surface area contributed by atoms with E-state index in [1.165, 1.54) is 0 Å². The van der Waals surface area contributed by atoms with Crippen LogP contribution in [0.5, 0.6) is 0 Å². The fourth-order valence-corrected chi connectivity index (χ4v) is 3.91. The first-order valence-electron chi connectivity index (χ1n) is 9.41. The molecule has 0 saturated heterocycles. The molecule has 0 aliphatic heterocycles. The van der Waals surface area contributed by atoms with Gasteiger partial charge in [0.05, 0.1) is 0 Å². The van der Waals surface area contributed by atoms with Crippen LogP contribution in [-0.2, 0) is 10.0 Å². The minimum Gasteiger partial charge on any atom is -0.400 e. The van der Waals surface area contributed by atoms with Crippen molar-refractivity contribution in [1.29, 1.82) is 0 Å². The number of hydrogen-bond donors (Lipinski definition) is 0. The minimum atomic E-state index is -0.721. The lowest BCUT2D eigenvalue weighted by Gasteiger charge is -2.38. The summed E-state index contributed by atoms with van der Waals surface area (Å²) in [5.74, 6) is 6.03. The maximum Gasteiger partial charge on any atom is 0.237 e. The molecule has 2 aromatic carbocycles. The van der Waals surface area contributed by atoms with E-state index in [0.29, 0.717) is 9.76 Å². The highest BCUT2D eigenvalue weighted by molar-refractivity contribution is 6.32. The average molecular weight is 384 g/mol. The molecule has 140 valence electrons. The first kappa shape index (κ1) is 20.1. The second-order valence-corrected chi connectivity index (χ2v) is 9.58. The number of benzene rings is 2. The molecule has 3 rings (SSSR count). The Labute approximate surface area is 170 Å². The van der Waals surface area contributed by atoms with E-state index in [9.17, 15) is 0 Å². The summed E-state index contributed by atoms with van der Waals surface area (Å²) < 4.78 is 6.84. The summed E-state index contributed by atoms with van der Waals surface area (Å²) in [6.45, 7) is 8.43. The van der Waals surface area contributed by atoms with Gasteiger partial charge in [0.1, 0.15) is 11.3 Å². The van der Waals surface area contributed by atoms with E-state index in [4.69, 9.17) is 4.43 Å². The molecule has 0 aliphatic rings. The van der Waals surface area contributed by atoms with Crippen molar-refractivity contribution in [1.82, 2.24) is 4.98 Å². The van der Waals surface area contributed by atoms with Crippen molar-refractivity contribution in [2.45, 2.75) is 38.3 Å². The van der Waals surface area contributed by atoms with E-state index in [1.54, 1.807) is 0 Å². The zero-order valence-corrected chi connectivity index (χ0v) is 17.9. The molecule has 1 heterocycles. The highest BCUT2D eigenvalue weighted by Gasteiger charge is 2.39. The van der Waals surface area contributed by atoms with E-state index in [0.717, 1.165) is 22.4 Å². The monoisotopic (exact) mass is 383 g/mol. The highest BCUT2D eigenvalue weighted by Crippen LogP contribution is 2.41. The van der Waals surface area contributed by atoms with E-state index < -0.39 is 5.60 Å². The van der Waals surface area contributed by atoms with Gasteiger partial charge in [0.25, 0.3) is 0 Å². The molecule has 3 heteroatoms. The summed E-state index contributed by atoms with van der Waals surface area (Å²) in [5, 5.41) is 0.0495. The average Bonchev–Trinajstić information content (AvgIpc) is 2.70. The Balaban J connectivity index is 2.29. The van der Waals surface area contributed by atoms with Crippen LogP contribution in [0.1, 0.15) is 50.1 Å². The lowest BCUT2D eigenvalue weighted by molar-refractivity contribution is 0.156. The van der Waals surface area contributed by atoms with Crippen LogP contribution >= 0.6 is 0 Å². The van der Waals surface area contributed by atoms with Crippen LogP contribution in [-0.4, -0.2) is 14.7 Å². The molecule has 0 N–H and O–H groups in total. The highest BCUT2D eigenvalue weighted by atomic mass is 28.2. The normalized spacial score (nSPS) is 11.6. The van der Waals surface area contributed by atoms with Gasteiger partial charge in [-0.25, -0.2) is 4.98 Å². The van der Waals surface area contributed by atoms with Gasteiger partial charge < -0.3 is 4.43 Å². The second kappa shape index (κ2) is 8.56. The molecule has 3 aromatic rings. The van der Waals surface area contributed by atoms with Crippen molar-refractivity contribution in [3.8, 4) is 11.8 Å². The number of hydrogen-bond acceptors (Lipinski definition) is 2. The van der Waals surface area contributed by atoms with Crippen LogP contribution < -0.4 is 0 Å². The fraction of sp³-hybridized carbons (Fsp3) is 0.240. The van der Waals surface area contributed by atoms with Crippen molar-refractivity contribution in [3.63, 3.8) is 0 Å². The second-order valence-electron chi connectivity index (χ2n) is 7.67. The van der Waals surface area contributed by atoms with E-state index in [-0.39, 0.29) is 5.04 Å². The van der Waals surface area contributed by atoms with E-state index in [1.807, 2.05) is 37.4 Å². The Kier molecular flexibility index (Phi) is 6.14. The first-order chi connectivity index (χ1) is 13.5. The zero-order valence-electron chi connectivity index (χ0n) is 16.9. The lowest BCUT2D eigenvalue weighted by atomic mass is 9.80. The Morgan fingerprint density at radius 1 is 0.821 bits per heavy atom. The molecular weight excluding hydrogens is 358 g/mol. The molecule has 0 saturated carbocycles. The van der Waals surface area contributed by atoms with Crippen molar-refractivity contribution >= 4 is 9.76 Å². The molecule has 0 atom stereocenters.